The molecule has 0 aliphatic carbocycles. The molecule has 8 heteroatoms. The van der Waals surface area contributed by atoms with Crippen molar-refractivity contribution in [1.82, 2.24) is 15.5 Å². The SMILES string of the molecule is CCNC(=NCc1cccc(NC(=O)CN(C)C)c1)NCC(C)(O)c1cc(C)oc1C. The highest BCUT2D eigenvalue weighted by molar-refractivity contribution is 5.92. The van der Waals surface area contributed by atoms with Gasteiger partial charge < -0.3 is 30.4 Å². The van der Waals surface area contributed by atoms with Crippen LogP contribution < -0.4 is 16.0 Å². The number of furan rings is 1. The highest BCUT2D eigenvalue weighted by atomic mass is 16.3. The summed E-state index contributed by atoms with van der Waals surface area (Å²) in [4.78, 5) is 18.4. The number of hydrogen-bond donors (Lipinski definition) is 4. The molecule has 0 bridgehead atoms. The van der Waals surface area contributed by atoms with Crippen molar-refractivity contribution < 1.29 is 14.3 Å². The standard InChI is InChI=1S/C23H35N5O3/c1-7-24-22(26-15-23(4,30)20-11-16(2)31-17(20)3)25-13-18-9-8-10-19(12-18)27-21(29)14-28(5)6/h8-12,30H,7,13-15H2,1-6H3,(H,27,29)(H2,24,25,26). The van der Waals surface area contributed by atoms with Crippen molar-refractivity contribution in [3.63, 3.8) is 0 Å². The van der Waals surface area contributed by atoms with E-state index in [2.05, 4.69) is 20.9 Å². The van der Waals surface area contributed by atoms with Crippen LogP contribution in [0.5, 0.6) is 0 Å². The molecule has 0 aliphatic heterocycles. The first-order chi connectivity index (χ1) is 14.6. The Bertz CT molecular complexity index is 902. The number of benzene rings is 1. The van der Waals surface area contributed by atoms with E-state index in [0.717, 1.165) is 22.6 Å². The molecule has 0 aliphatic rings. The summed E-state index contributed by atoms with van der Waals surface area (Å²) in [6.07, 6.45) is 0. The zero-order valence-corrected chi connectivity index (χ0v) is 19.4. The van der Waals surface area contributed by atoms with Crippen LogP contribution in [0.4, 0.5) is 5.69 Å². The van der Waals surface area contributed by atoms with Gasteiger partial charge in [-0.05, 0) is 65.6 Å². The number of anilines is 1. The van der Waals surface area contributed by atoms with Gasteiger partial charge in [0.15, 0.2) is 5.96 Å². The fraction of sp³-hybridized carbons (Fsp3) is 0.478. The molecular weight excluding hydrogens is 394 g/mol. The molecule has 0 spiro atoms. The van der Waals surface area contributed by atoms with Gasteiger partial charge in [0.1, 0.15) is 17.1 Å². The van der Waals surface area contributed by atoms with Crippen molar-refractivity contribution in [2.45, 2.75) is 39.8 Å². The molecule has 2 rings (SSSR count). The number of aryl methyl sites for hydroxylation is 2. The molecule has 0 radical (unpaired) electrons. The molecule has 1 aromatic carbocycles. The Morgan fingerprint density at radius 1 is 1.23 bits per heavy atom. The number of hydrogen-bond acceptors (Lipinski definition) is 5. The van der Waals surface area contributed by atoms with Crippen molar-refractivity contribution in [2.75, 3.05) is 39.0 Å². The fourth-order valence-corrected chi connectivity index (χ4v) is 3.26. The van der Waals surface area contributed by atoms with E-state index in [9.17, 15) is 9.90 Å². The van der Waals surface area contributed by atoms with Crippen LogP contribution in [0.25, 0.3) is 0 Å². The zero-order chi connectivity index (χ0) is 23.0. The average molecular weight is 430 g/mol. The van der Waals surface area contributed by atoms with Gasteiger partial charge in [-0.25, -0.2) is 4.99 Å². The molecule has 170 valence electrons. The van der Waals surface area contributed by atoms with E-state index in [-0.39, 0.29) is 12.5 Å². The molecule has 2 aromatic rings. The van der Waals surface area contributed by atoms with E-state index in [1.54, 1.807) is 6.92 Å². The van der Waals surface area contributed by atoms with Crippen LogP contribution in [-0.4, -0.2) is 55.6 Å². The van der Waals surface area contributed by atoms with E-state index >= 15 is 0 Å². The summed E-state index contributed by atoms with van der Waals surface area (Å²) in [5.74, 6) is 2.01. The molecular formula is C23H35N5O3. The lowest BCUT2D eigenvalue weighted by Crippen LogP contribution is -2.44. The van der Waals surface area contributed by atoms with Crippen molar-refractivity contribution in [3.8, 4) is 0 Å². The number of nitrogens with one attached hydrogen (secondary N) is 3. The molecule has 1 heterocycles. The van der Waals surface area contributed by atoms with E-state index in [1.165, 1.54) is 0 Å². The monoisotopic (exact) mass is 429 g/mol. The second-order valence-corrected chi connectivity index (χ2v) is 8.14. The molecule has 4 N–H and O–H groups in total. The third-order valence-corrected chi connectivity index (χ3v) is 4.66. The predicted octanol–water partition coefficient (Wildman–Crippen LogP) is 2.36. The second kappa shape index (κ2) is 11.0. The Kier molecular flexibility index (Phi) is 8.65. The van der Waals surface area contributed by atoms with Crippen molar-refractivity contribution in [2.24, 2.45) is 4.99 Å². The summed E-state index contributed by atoms with van der Waals surface area (Å²) in [5, 5.41) is 20.2. The summed E-state index contributed by atoms with van der Waals surface area (Å²) in [5.41, 5.74) is 1.36. The maximum absolute atomic E-state index is 12.0. The van der Waals surface area contributed by atoms with Crippen molar-refractivity contribution in [1.29, 1.82) is 0 Å². The maximum Gasteiger partial charge on any atom is 0.238 e. The minimum Gasteiger partial charge on any atom is -0.466 e. The van der Waals surface area contributed by atoms with E-state index in [0.29, 0.717) is 31.4 Å². The zero-order valence-electron chi connectivity index (χ0n) is 19.4. The van der Waals surface area contributed by atoms with Crippen LogP contribution in [-0.2, 0) is 16.9 Å². The minimum atomic E-state index is -1.10. The first-order valence-electron chi connectivity index (χ1n) is 10.5. The van der Waals surface area contributed by atoms with Gasteiger partial charge in [-0.15, -0.1) is 0 Å². The Hall–Kier alpha value is -2.84. The molecule has 0 saturated heterocycles. The molecule has 1 atom stereocenters. The number of likely N-dealkylation sites (N-methyl/N-ethyl adjacent to an activating group) is 1. The number of carbonyl (C=O) groups is 1. The first-order valence-corrected chi connectivity index (χ1v) is 10.5. The Morgan fingerprint density at radius 2 is 1.97 bits per heavy atom. The van der Waals surface area contributed by atoms with Crippen molar-refractivity contribution >= 4 is 17.6 Å². The van der Waals surface area contributed by atoms with E-state index < -0.39 is 5.60 Å². The van der Waals surface area contributed by atoms with Gasteiger partial charge in [-0.3, -0.25) is 4.79 Å². The molecule has 0 saturated carbocycles. The van der Waals surface area contributed by atoms with Crippen LogP contribution in [0.15, 0.2) is 39.7 Å². The van der Waals surface area contributed by atoms with Crippen LogP contribution in [0, 0.1) is 13.8 Å². The smallest absolute Gasteiger partial charge is 0.238 e. The summed E-state index contributed by atoms with van der Waals surface area (Å²) in [6.45, 7) is 9.17. The molecule has 8 nitrogen and oxygen atoms in total. The molecule has 0 fully saturated rings. The Balaban J connectivity index is 2.03. The van der Waals surface area contributed by atoms with Gasteiger partial charge in [0.2, 0.25) is 5.91 Å². The second-order valence-electron chi connectivity index (χ2n) is 8.14. The lowest BCUT2D eigenvalue weighted by atomic mass is 9.96. The quantitative estimate of drug-likeness (QED) is 0.361. The highest BCUT2D eigenvalue weighted by Gasteiger charge is 2.27. The summed E-state index contributed by atoms with van der Waals surface area (Å²) in [6, 6.07) is 9.48. The van der Waals surface area contributed by atoms with E-state index in [4.69, 9.17) is 4.42 Å². The van der Waals surface area contributed by atoms with Crippen LogP contribution in [0.2, 0.25) is 0 Å². The number of nitrogens with zero attached hydrogens (tertiary/aromatic N) is 2. The normalized spacial score (nSPS) is 13.7. The van der Waals surface area contributed by atoms with Crippen LogP contribution in [0.1, 0.15) is 36.5 Å². The van der Waals surface area contributed by atoms with Gasteiger partial charge in [0, 0.05) is 17.8 Å². The third-order valence-electron chi connectivity index (χ3n) is 4.66. The lowest BCUT2D eigenvalue weighted by Gasteiger charge is -2.24. The van der Waals surface area contributed by atoms with Gasteiger partial charge in [0.25, 0.3) is 0 Å². The van der Waals surface area contributed by atoms with E-state index in [1.807, 2.05) is 70.1 Å². The third kappa shape index (κ3) is 7.73. The molecule has 1 unspecified atom stereocenters. The summed E-state index contributed by atoms with van der Waals surface area (Å²) >= 11 is 0. The minimum absolute atomic E-state index is 0.0623. The van der Waals surface area contributed by atoms with Gasteiger partial charge >= 0.3 is 0 Å². The number of amides is 1. The van der Waals surface area contributed by atoms with Crippen molar-refractivity contribution in [3.05, 3.63) is 53.0 Å². The maximum atomic E-state index is 12.0. The number of aliphatic hydroxyl groups is 1. The number of aliphatic imine (C=N–C) groups is 1. The number of rotatable bonds is 9. The highest BCUT2D eigenvalue weighted by Crippen LogP contribution is 2.26. The Morgan fingerprint density at radius 3 is 2.58 bits per heavy atom. The summed E-state index contributed by atoms with van der Waals surface area (Å²) in [7, 11) is 3.71. The predicted molar refractivity (Wildman–Crippen MR) is 124 cm³/mol. The fourth-order valence-electron chi connectivity index (χ4n) is 3.26. The number of guanidine groups is 1. The molecule has 1 aromatic heterocycles. The average Bonchev–Trinajstić information content (AvgIpc) is 3.02. The topological polar surface area (TPSA) is 102 Å². The van der Waals surface area contributed by atoms with Crippen LogP contribution >= 0.6 is 0 Å². The molecule has 1 amide bonds. The van der Waals surface area contributed by atoms with Crippen LogP contribution in [0.3, 0.4) is 0 Å². The molecule has 31 heavy (non-hydrogen) atoms. The first kappa shape index (κ1) is 24.4. The van der Waals surface area contributed by atoms with Gasteiger partial charge in [-0.1, -0.05) is 12.1 Å². The van der Waals surface area contributed by atoms with Gasteiger partial charge in [-0.2, -0.15) is 0 Å². The Labute approximate surface area is 184 Å². The number of carbonyl (C=O) groups excluding carboxylic acids is 1. The van der Waals surface area contributed by atoms with Gasteiger partial charge in [0.05, 0.1) is 19.6 Å². The largest absolute Gasteiger partial charge is 0.466 e. The summed E-state index contributed by atoms with van der Waals surface area (Å²) < 4.78 is 5.55. The lowest BCUT2D eigenvalue weighted by molar-refractivity contribution is -0.116.